The van der Waals surface area contributed by atoms with Gasteiger partial charge in [-0.2, -0.15) is 0 Å². The van der Waals surface area contributed by atoms with Crippen LogP contribution in [-0.2, 0) is 9.53 Å². The molecule has 1 fully saturated rings. The monoisotopic (exact) mass is 204 g/mol. The molecule has 0 saturated carbocycles. The largest absolute Gasteiger partial charge is 0.452 e. The van der Waals surface area contributed by atoms with Crippen LogP contribution < -0.4 is 0 Å². The van der Waals surface area contributed by atoms with E-state index in [0.29, 0.717) is 6.47 Å². The van der Waals surface area contributed by atoms with Crippen LogP contribution in [0.25, 0.3) is 0 Å². The molecule has 1 heterocycles. The standard InChI is InChI=1S/C8H16N2O2S/c1-9-2-4-10(5-3-9)6-8(13)12-7-11/h7-8,13H,2-6H2,1H3. The van der Waals surface area contributed by atoms with E-state index in [9.17, 15) is 4.79 Å². The maximum atomic E-state index is 10.0. The Kier molecular flexibility index (Phi) is 4.55. The second-order valence-electron chi connectivity index (χ2n) is 3.29. The summed E-state index contributed by atoms with van der Waals surface area (Å²) in [6, 6.07) is 0. The number of carbonyl (C=O) groups excluding carboxylic acids is 1. The van der Waals surface area contributed by atoms with Crippen LogP contribution in [0.15, 0.2) is 0 Å². The van der Waals surface area contributed by atoms with Crippen molar-refractivity contribution in [1.82, 2.24) is 9.80 Å². The van der Waals surface area contributed by atoms with Gasteiger partial charge in [0.05, 0.1) is 0 Å². The lowest BCUT2D eigenvalue weighted by Gasteiger charge is -2.33. The Bertz CT molecular complexity index is 160. The molecule has 13 heavy (non-hydrogen) atoms. The van der Waals surface area contributed by atoms with Crippen LogP contribution in [0.5, 0.6) is 0 Å². The van der Waals surface area contributed by atoms with Gasteiger partial charge in [-0.25, -0.2) is 0 Å². The van der Waals surface area contributed by atoms with Gasteiger partial charge in [0.15, 0.2) is 5.44 Å². The minimum Gasteiger partial charge on any atom is -0.452 e. The van der Waals surface area contributed by atoms with Crippen molar-refractivity contribution in [3.05, 3.63) is 0 Å². The first-order valence-corrected chi connectivity index (χ1v) is 4.92. The van der Waals surface area contributed by atoms with Gasteiger partial charge in [-0.1, -0.05) is 0 Å². The number of ether oxygens (including phenoxy) is 1. The van der Waals surface area contributed by atoms with E-state index < -0.39 is 0 Å². The van der Waals surface area contributed by atoms with Crippen molar-refractivity contribution in [2.45, 2.75) is 5.44 Å². The molecule has 1 saturated heterocycles. The lowest BCUT2D eigenvalue weighted by Crippen LogP contribution is -2.46. The molecule has 0 aromatic carbocycles. The molecule has 1 atom stereocenters. The summed E-state index contributed by atoms with van der Waals surface area (Å²) in [6.45, 7) is 5.36. The predicted octanol–water partition coefficient (Wildman–Crippen LogP) is -0.337. The Morgan fingerprint density at radius 1 is 1.46 bits per heavy atom. The van der Waals surface area contributed by atoms with Crippen molar-refractivity contribution >= 4 is 19.1 Å². The number of hydrogen-bond acceptors (Lipinski definition) is 5. The highest BCUT2D eigenvalue weighted by Crippen LogP contribution is 2.04. The third-order valence-corrected chi connectivity index (χ3v) is 2.51. The van der Waals surface area contributed by atoms with Crippen molar-refractivity contribution in [3.63, 3.8) is 0 Å². The zero-order chi connectivity index (χ0) is 9.68. The first-order chi connectivity index (χ1) is 6.22. The number of rotatable bonds is 4. The average Bonchev–Trinajstić information content (AvgIpc) is 2.09. The average molecular weight is 204 g/mol. The van der Waals surface area contributed by atoms with Crippen LogP contribution in [0.1, 0.15) is 0 Å². The quantitative estimate of drug-likeness (QED) is 0.386. The second kappa shape index (κ2) is 5.47. The van der Waals surface area contributed by atoms with Crippen molar-refractivity contribution in [1.29, 1.82) is 0 Å². The zero-order valence-corrected chi connectivity index (χ0v) is 8.74. The SMILES string of the molecule is CN1CCN(CC(S)OC=O)CC1. The van der Waals surface area contributed by atoms with Gasteiger partial charge >= 0.3 is 0 Å². The van der Waals surface area contributed by atoms with Gasteiger partial charge < -0.3 is 9.64 Å². The summed E-state index contributed by atoms with van der Waals surface area (Å²) >= 11 is 4.13. The van der Waals surface area contributed by atoms with Crippen LogP contribution in [0, 0.1) is 0 Å². The topological polar surface area (TPSA) is 32.8 Å². The molecule has 0 bridgehead atoms. The van der Waals surface area contributed by atoms with Gasteiger partial charge in [0.1, 0.15) is 0 Å². The smallest absolute Gasteiger partial charge is 0.294 e. The van der Waals surface area contributed by atoms with Crippen LogP contribution >= 0.6 is 12.6 Å². The fourth-order valence-electron chi connectivity index (χ4n) is 1.36. The Hall–Kier alpha value is -0.260. The van der Waals surface area contributed by atoms with Gasteiger partial charge in [-0.3, -0.25) is 9.69 Å². The maximum absolute atomic E-state index is 10.0. The van der Waals surface area contributed by atoms with E-state index in [1.807, 2.05) is 0 Å². The molecule has 4 nitrogen and oxygen atoms in total. The van der Waals surface area contributed by atoms with E-state index in [0.717, 1.165) is 32.7 Å². The normalized spacial score (nSPS) is 22.6. The highest BCUT2D eigenvalue weighted by molar-refractivity contribution is 7.80. The molecule has 0 spiro atoms. The van der Waals surface area contributed by atoms with E-state index in [-0.39, 0.29) is 5.44 Å². The Labute approximate surface area is 84.2 Å². The summed E-state index contributed by atoms with van der Waals surface area (Å²) in [7, 11) is 2.11. The third-order valence-electron chi connectivity index (χ3n) is 2.22. The molecular weight excluding hydrogens is 188 g/mol. The Balaban J connectivity index is 2.18. The molecule has 1 aliphatic rings. The van der Waals surface area contributed by atoms with E-state index in [4.69, 9.17) is 4.74 Å². The Morgan fingerprint density at radius 3 is 2.62 bits per heavy atom. The van der Waals surface area contributed by atoms with Crippen LogP contribution in [0.2, 0.25) is 0 Å². The fourth-order valence-corrected chi connectivity index (χ4v) is 1.64. The molecule has 0 N–H and O–H groups in total. The van der Waals surface area contributed by atoms with Gasteiger partial charge in [-0.15, -0.1) is 12.6 Å². The molecule has 76 valence electrons. The second-order valence-corrected chi connectivity index (χ2v) is 3.87. The van der Waals surface area contributed by atoms with Crippen LogP contribution in [-0.4, -0.2) is 61.5 Å². The summed E-state index contributed by atoms with van der Waals surface area (Å²) in [5, 5.41) is 0. The predicted molar refractivity (Wildman–Crippen MR) is 53.9 cm³/mol. The van der Waals surface area contributed by atoms with Crippen molar-refractivity contribution in [3.8, 4) is 0 Å². The molecule has 0 aromatic rings. The summed E-state index contributed by atoms with van der Waals surface area (Å²) in [4.78, 5) is 14.5. The molecule has 0 amide bonds. The molecular formula is C8H16N2O2S. The number of nitrogens with zero attached hydrogens (tertiary/aromatic N) is 2. The Morgan fingerprint density at radius 2 is 2.08 bits per heavy atom. The third kappa shape index (κ3) is 3.97. The van der Waals surface area contributed by atoms with Gasteiger partial charge in [-0.05, 0) is 7.05 Å². The molecule has 1 unspecified atom stereocenters. The zero-order valence-electron chi connectivity index (χ0n) is 7.85. The number of likely N-dealkylation sites (N-methyl/N-ethyl adjacent to an activating group) is 1. The van der Waals surface area contributed by atoms with Gasteiger partial charge in [0, 0.05) is 32.7 Å². The molecule has 0 aromatic heterocycles. The number of hydrogen-bond donors (Lipinski definition) is 1. The summed E-state index contributed by atoms with van der Waals surface area (Å²) in [5.74, 6) is 0. The van der Waals surface area contributed by atoms with Crippen molar-refractivity contribution in [2.75, 3.05) is 39.8 Å². The van der Waals surface area contributed by atoms with E-state index in [1.165, 1.54) is 0 Å². The highest BCUT2D eigenvalue weighted by Gasteiger charge is 2.16. The van der Waals surface area contributed by atoms with Crippen molar-refractivity contribution in [2.24, 2.45) is 0 Å². The molecule has 0 aliphatic carbocycles. The highest BCUT2D eigenvalue weighted by atomic mass is 32.1. The van der Waals surface area contributed by atoms with E-state index in [1.54, 1.807) is 0 Å². The van der Waals surface area contributed by atoms with Gasteiger partial charge in [0.25, 0.3) is 6.47 Å². The van der Waals surface area contributed by atoms with E-state index in [2.05, 4.69) is 29.5 Å². The summed E-state index contributed by atoms with van der Waals surface area (Å²) in [6.07, 6.45) is 0. The number of piperazine rings is 1. The summed E-state index contributed by atoms with van der Waals surface area (Å²) < 4.78 is 4.70. The summed E-state index contributed by atoms with van der Waals surface area (Å²) in [5.41, 5.74) is -0.291. The van der Waals surface area contributed by atoms with Gasteiger partial charge in [0.2, 0.25) is 0 Å². The van der Waals surface area contributed by atoms with Crippen molar-refractivity contribution < 1.29 is 9.53 Å². The van der Waals surface area contributed by atoms with E-state index >= 15 is 0 Å². The maximum Gasteiger partial charge on any atom is 0.294 e. The minimum absolute atomic E-state index is 0.291. The number of carbonyl (C=O) groups is 1. The molecule has 5 heteroatoms. The molecule has 1 rings (SSSR count). The van der Waals surface area contributed by atoms with Crippen LogP contribution in [0.3, 0.4) is 0 Å². The minimum atomic E-state index is -0.291. The van der Waals surface area contributed by atoms with Crippen LogP contribution in [0.4, 0.5) is 0 Å². The number of thiol groups is 1. The molecule has 1 aliphatic heterocycles. The lowest BCUT2D eigenvalue weighted by atomic mass is 10.3. The fraction of sp³-hybridized carbons (Fsp3) is 0.875. The lowest BCUT2D eigenvalue weighted by molar-refractivity contribution is -0.130. The molecule has 0 radical (unpaired) electrons. The first-order valence-electron chi connectivity index (χ1n) is 4.40. The first kappa shape index (κ1) is 10.8.